The van der Waals surface area contributed by atoms with Crippen LogP contribution in [0.2, 0.25) is 0 Å². The third-order valence-electron chi connectivity index (χ3n) is 4.46. The minimum absolute atomic E-state index is 0.101. The Hall–Kier alpha value is -2.48. The van der Waals surface area contributed by atoms with Gasteiger partial charge in [-0.3, -0.25) is 9.59 Å². The number of hydrogen-bond donors (Lipinski definition) is 2. The number of carbonyl (C=O) groups is 1. The van der Waals surface area contributed by atoms with Crippen molar-refractivity contribution in [3.8, 4) is 0 Å². The van der Waals surface area contributed by atoms with E-state index in [1.165, 1.54) is 42.2 Å². The van der Waals surface area contributed by atoms with Gasteiger partial charge in [0, 0.05) is 24.4 Å². The second-order valence-corrected chi connectivity index (χ2v) is 7.86. The molecule has 8 heteroatoms. The molecule has 27 heavy (non-hydrogen) atoms. The van der Waals surface area contributed by atoms with E-state index < -0.39 is 22.5 Å². The SMILES string of the molecule is C[C@H](NC1=CC(=O)C(C)(c2cc[nH]c(=O)c2)S1)c1ccccc1C(F)(F)F. The van der Waals surface area contributed by atoms with Crippen molar-refractivity contribution in [1.82, 2.24) is 10.3 Å². The molecule has 0 radical (unpaired) electrons. The minimum Gasteiger partial charge on any atom is -0.373 e. The number of pyridine rings is 1. The van der Waals surface area contributed by atoms with Crippen LogP contribution in [0.3, 0.4) is 0 Å². The summed E-state index contributed by atoms with van der Waals surface area (Å²) in [7, 11) is 0. The molecule has 1 aliphatic rings. The zero-order valence-electron chi connectivity index (χ0n) is 14.6. The highest BCUT2D eigenvalue weighted by Crippen LogP contribution is 2.46. The number of carbonyl (C=O) groups excluding carboxylic acids is 1. The maximum Gasteiger partial charge on any atom is 0.416 e. The molecule has 2 aromatic rings. The lowest BCUT2D eigenvalue weighted by Gasteiger charge is -2.24. The molecule has 1 aromatic carbocycles. The van der Waals surface area contributed by atoms with Gasteiger partial charge in [0.2, 0.25) is 5.56 Å². The predicted molar refractivity (Wildman–Crippen MR) is 98.1 cm³/mol. The summed E-state index contributed by atoms with van der Waals surface area (Å²) < 4.78 is 38.7. The zero-order chi connectivity index (χ0) is 19.8. The first kappa shape index (κ1) is 19.3. The molecule has 2 heterocycles. The Balaban J connectivity index is 1.83. The molecule has 1 unspecified atom stereocenters. The number of benzene rings is 1. The predicted octanol–water partition coefficient (Wildman–Crippen LogP) is 4.12. The fraction of sp³-hybridized carbons (Fsp3) is 0.263. The molecule has 142 valence electrons. The van der Waals surface area contributed by atoms with Crippen LogP contribution in [0.25, 0.3) is 0 Å². The molecular formula is C19H17F3N2O2S. The molecule has 0 amide bonds. The van der Waals surface area contributed by atoms with Crippen LogP contribution >= 0.6 is 11.8 Å². The first-order valence-electron chi connectivity index (χ1n) is 8.18. The lowest BCUT2D eigenvalue weighted by atomic mass is 9.96. The summed E-state index contributed by atoms with van der Waals surface area (Å²) >= 11 is 1.19. The van der Waals surface area contributed by atoms with Gasteiger partial charge in [-0.2, -0.15) is 13.2 Å². The van der Waals surface area contributed by atoms with Crippen molar-refractivity contribution in [1.29, 1.82) is 0 Å². The van der Waals surface area contributed by atoms with E-state index >= 15 is 0 Å². The normalized spacial score (nSPS) is 21.1. The van der Waals surface area contributed by atoms with E-state index in [0.717, 1.165) is 6.07 Å². The molecule has 0 aliphatic carbocycles. The Labute approximate surface area is 157 Å². The van der Waals surface area contributed by atoms with Crippen LogP contribution in [0.5, 0.6) is 0 Å². The molecular weight excluding hydrogens is 377 g/mol. The van der Waals surface area contributed by atoms with E-state index in [1.54, 1.807) is 26.0 Å². The number of hydrogen-bond acceptors (Lipinski definition) is 4. The number of allylic oxidation sites excluding steroid dienone is 1. The number of alkyl halides is 3. The van der Waals surface area contributed by atoms with E-state index in [1.807, 2.05) is 0 Å². The molecule has 1 aliphatic heterocycles. The van der Waals surface area contributed by atoms with E-state index in [2.05, 4.69) is 10.3 Å². The molecule has 0 fully saturated rings. The minimum atomic E-state index is -4.46. The summed E-state index contributed by atoms with van der Waals surface area (Å²) in [5, 5.41) is 3.46. The molecule has 3 rings (SSSR count). The summed E-state index contributed by atoms with van der Waals surface area (Å²) in [6.45, 7) is 3.30. The number of aromatic nitrogens is 1. The second kappa shape index (κ2) is 6.92. The molecule has 2 atom stereocenters. The summed E-state index contributed by atoms with van der Waals surface area (Å²) in [4.78, 5) is 26.6. The van der Waals surface area contributed by atoms with Gasteiger partial charge in [0.1, 0.15) is 4.75 Å². The highest BCUT2D eigenvalue weighted by Gasteiger charge is 2.41. The average molecular weight is 394 g/mol. The maximum atomic E-state index is 13.2. The number of rotatable bonds is 4. The van der Waals surface area contributed by atoms with Gasteiger partial charge in [-0.15, -0.1) is 0 Å². The lowest BCUT2D eigenvalue weighted by Crippen LogP contribution is -2.26. The number of aromatic amines is 1. The van der Waals surface area contributed by atoms with E-state index in [-0.39, 0.29) is 16.9 Å². The summed E-state index contributed by atoms with van der Waals surface area (Å²) in [5.41, 5.74) is -0.394. The van der Waals surface area contributed by atoms with Crippen molar-refractivity contribution in [3.05, 3.63) is 80.7 Å². The first-order valence-corrected chi connectivity index (χ1v) is 9.00. The highest BCUT2D eigenvalue weighted by molar-refractivity contribution is 8.05. The van der Waals surface area contributed by atoms with Gasteiger partial charge in [0.05, 0.1) is 10.6 Å². The monoisotopic (exact) mass is 394 g/mol. The summed E-state index contributed by atoms with van der Waals surface area (Å²) in [6, 6.07) is 7.68. The van der Waals surface area contributed by atoms with Gasteiger partial charge in [-0.1, -0.05) is 30.0 Å². The molecule has 2 N–H and O–H groups in total. The lowest BCUT2D eigenvalue weighted by molar-refractivity contribution is -0.138. The number of thioether (sulfide) groups is 1. The molecule has 0 bridgehead atoms. The van der Waals surface area contributed by atoms with Crippen LogP contribution in [0.15, 0.2) is 58.5 Å². The van der Waals surface area contributed by atoms with Gasteiger partial charge in [0.15, 0.2) is 5.78 Å². The Morgan fingerprint density at radius 3 is 2.56 bits per heavy atom. The Morgan fingerprint density at radius 1 is 1.19 bits per heavy atom. The zero-order valence-corrected chi connectivity index (χ0v) is 15.4. The van der Waals surface area contributed by atoms with Crippen LogP contribution in [-0.2, 0) is 15.7 Å². The van der Waals surface area contributed by atoms with Crippen LogP contribution in [0.4, 0.5) is 13.2 Å². The molecule has 4 nitrogen and oxygen atoms in total. The summed E-state index contributed by atoms with van der Waals surface area (Å²) in [5.74, 6) is -0.225. The van der Waals surface area contributed by atoms with Gasteiger partial charge in [0.25, 0.3) is 0 Å². The fourth-order valence-corrected chi connectivity index (χ4v) is 4.24. The van der Waals surface area contributed by atoms with Crippen LogP contribution in [0.1, 0.15) is 36.6 Å². The molecule has 0 saturated heterocycles. The third kappa shape index (κ3) is 3.80. The van der Waals surface area contributed by atoms with Crippen molar-refractivity contribution >= 4 is 17.5 Å². The molecule has 0 saturated carbocycles. The highest BCUT2D eigenvalue weighted by atomic mass is 32.2. The quantitative estimate of drug-likeness (QED) is 0.819. The summed E-state index contributed by atoms with van der Waals surface area (Å²) in [6.07, 6.45) is -1.62. The Kier molecular flexibility index (Phi) is 4.94. The topological polar surface area (TPSA) is 62.0 Å². The van der Waals surface area contributed by atoms with E-state index in [0.29, 0.717) is 10.6 Å². The van der Waals surface area contributed by atoms with Crippen LogP contribution in [0, 0.1) is 0 Å². The van der Waals surface area contributed by atoms with Gasteiger partial charge in [-0.25, -0.2) is 0 Å². The third-order valence-corrected chi connectivity index (χ3v) is 5.76. The van der Waals surface area contributed by atoms with Crippen LogP contribution in [-0.4, -0.2) is 10.8 Å². The molecule has 1 aromatic heterocycles. The van der Waals surface area contributed by atoms with Crippen molar-refractivity contribution in [2.45, 2.75) is 30.8 Å². The second-order valence-electron chi connectivity index (χ2n) is 6.40. The largest absolute Gasteiger partial charge is 0.416 e. The van der Waals surface area contributed by atoms with Crippen molar-refractivity contribution in [3.63, 3.8) is 0 Å². The molecule has 0 spiro atoms. The van der Waals surface area contributed by atoms with Crippen molar-refractivity contribution < 1.29 is 18.0 Å². The number of ketones is 1. The van der Waals surface area contributed by atoms with E-state index in [4.69, 9.17) is 0 Å². The first-order chi connectivity index (χ1) is 12.6. The Morgan fingerprint density at radius 2 is 1.89 bits per heavy atom. The van der Waals surface area contributed by atoms with E-state index in [9.17, 15) is 22.8 Å². The van der Waals surface area contributed by atoms with Gasteiger partial charge >= 0.3 is 6.18 Å². The van der Waals surface area contributed by atoms with Crippen molar-refractivity contribution in [2.75, 3.05) is 0 Å². The fourth-order valence-electron chi connectivity index (χ4n) is 2.99. The Bertz CT molecular complexity index is 968. The van der Waals surface area contributed by atoms with Gasteiger partial charge < -0.3 is 10.3 Å². The number of halogens is 3. The standard InChI is InChI=1S/C19H17F3N2O2S/c1-11(13-5-3-4-6-14(13)19(20,21)22)24-17-10-15(25)18(2,27-17)12-7-8-23-16(26)9-12/h3-11,24H,1-2H3,(H,23,26)/t11-,18?/m0/s1. The maximum absolute atomic E-state index is 13.2. The smallest absolute Gasteiger partial charge is 0.373 e. The number of H-pyrrole nitrogens is 1. The van der Waals surface area contributed by atoms with Crippen molar-refractivity contribution in [2.24, 2.45) is 0 Å². The van der Waals surface area contributed by atoms with Crippen LogP contribution < -0.4 is 10.9 Å². The van der Waals surface area contributed by atoms with Gasteiger partial charge in [-0.05, 0) is 37.1 Å². The average Bonchev–Trinajstić information content (AvgIpc) is 2.89. The number of nitrogens with one attached hydrogen (secondary N) is 2.